The van der Waals surface area contributed by atoms with Crippen LogP contribution < -0.4 is 10.6 Å². The van der Waals surface area contributed by atoms with Crippen molar-refractivity contribution in [3.8, 4) is 11.3 Å². The van der Waals surface area contributed by atoms with E-state index in [-0.39, 0.29) is 12.1 Å². The molecule has 4 rings (SSSR count). The molecule has 0 fully saturated rings. The number of aromatic amines is 1. The van der Waals surface area contributed by atoms with Gasteiger partial charge >= 0.3 is 18.2 Å². The molecule has 10 nitrogen and oxygen atoms in total. The van der Waals surface area contributed by atoms with Crippen molar-refractivity contribution in [2.24, 2.45) is 0 Å². The zero-order chi connectivity index (χ0) is 29.0. The summed E-state index contributed by atoms with van der Waals surface area (Å²) in [6.07, 6.45) is 0.415. The van der Waals surface area contributed by atoms with E-state index in [1.807, 2.05) is 12.1 Å². The first-order valence-corrected chi connectivity index (χ1v) is 13.3. The number of aromatic nitrogens is 2. The van der Waals surface area contributed by atoms with E-state index < -0.39 is 23.8 Å². The standard InChI is InChI=1S/C29H33ClN4O6/c1-16(35)39-22-14-19-7-6-17(12-20(19)15-22)13-23(32-28(37)40-29(2,3)4)26-33-24(25(30)34-26)18-8-10-21(11-9-18)31-27(36)38-5/h6-12,22-23H,13-15H2,1-5H3,(H,31,36)(H,32,37)(H,33,34). The van der Waals surface area contributed by atoms with Gasteiger partial charge in [-0.1, -0.05) is 41.9 Å². The summed E-state index contributed by atoms with van der Waals surface area (Å²) in [5, 5.41) is 5.83. The lowest BCUT2D eigenvalue weighted by Crippen LogP contribution is -2.36. The highest BCUT2D eigenvalue weighted by Crippen LogP contribution is 2.31. The van der Waals surface area contributed by atoms with E-state index in [0.29, 0.717) is 47.2 Å². The Labute approximate surface area is 237 Å². The highest BCUT2D eigenvalue weighted by atomic mass is 35.5. The zero-order valence-electron chi connectivity index (χ0n) is 23.1. The summed E-state index contributed by atoms with van der Waals surface area (Å²) in [6, 6.07) is 12.5. The van der Waals surface area contributed by atoms with E-state index in [0.717, 1.165) is 16.7 Å². The van der Waals surface area contributed by atoms with Crippen LogP contribution in [0.25, 0.3) is 11.3 Å². The van der Waals surface area contributed by atoms with Gasteiger partial charge in [-0.3, -0.25) is 10.1 Å². The van der Waals surface area contributed by atoms with Crippen molar-refractivity contribution in [3.63, 3.8) is 0 Å². The molecule has 11 heteroatoms. The first-order chi connectivity index (χ1) is 18.9. The van der Waals surface area contributed by atoms with Gasteiger partial charge in [-0.15, -0.1) is 0 Å². The van der Waals surface area contributed by atoms with Crippen LogP contribution in [0.1, 0.15) is 56.3 Å². The van der Waals surface area contributed by atoms with Crippen LogP contribution in [0.15, 0.2) is 42.5 Å². The van der Waals surface area contributed by atoms with Crippen LogP contribution in [-0.4, -0.2) is 46.9 Å². The molecule has 2 aromatic carbocycles. The summed E-state index contributed by atoms with van der Waals surface area (Å²) in [7, 11) is 1.29. The van der Waals surface area contributed by atoms with Crippen molar-refractivity contribution in [3.05, 3.63) is 70.1 Å². The number of alkyl carbamates (subject to hydrolysis) is 1. The van der Waals surface area contributed by atoms with Crippen molar-refractivity contribution >= 4 is 35.4 Å². The minimum Gasteiger partial charge on any atom is -0.462 e. The van der Waals surface area contributed by atoms with Crippen LogP contribution in [0.5, 0.6) is 0 Å². The Bertz CT molecular complexity index is 1400. The predicted molar refractivity (Wildman–Crippen MR) is 150 cm³/mol. The number of carbonyl (C=O) groups excluding carboxylic acids is 3. The first-order valence-electron chi connectivity index (χ1n) is 12.9. The molecule has 3 aromatic rings. The average molecular weight is 569 g/mol. The van der Waals surface area contributed by atoms with Crippen molar-refractivity contribution < 1.29 is 28.6 Å². The number of nitrogens with zero attached hydrogens (tertiary/aromatic N) is 1. The van der Waals surface area contributed by atoms with E-state index in [9.17, 15) is 14.4 Å². The van der Waals surface area contributed by atoms with E-state index >= 15 is 0 Å². The van der Waals surface area contributed by atoms with Crippen molar-refractivity contribution in [1.82, 2.24) is 15.3 Å². The number of esters is 1. The van der Waals surface area contributed by atoms with Gasteiger partial charge in [0, 0.05) is 37.4 Å². The molecule has 212 valence electrons. The van der Waals surface area contributed by atoms with E-state index in [1.165, 1.54) is 14.0 Å². The molecule has 2 unspecified atom stereocenters. The number of benzene rings is 2. The van der Waals surface area contributed by atoms with Gasteiger partial charge in [0.15, 0.2) is 0 Å². The number of rotatable bonds is 7. The number of nitrogens with one attached hydrogen (secondary N) is 3. The molecular formula is C29H33ClN4O6. The zero-order valence-corrected chi connectivity index (χ0v) is 23.8. The third kappa shape index (κ3) is 7.53. The second-order valence-electron chi connectivity index (χ2n) is 10.6. The van der Waals surface area contributed by atoms with Crippen LogP contribution in [-0.2, 0) is 38.3 Å². The fourth-order valence-corrected chi connectivity index (χ4v) is 4.83. The van der Waals surface area contributed by atoms with Gasteiger partial charge in [-0.2, -0.15) is 0 Å². The number of imidazole rings is 1. The average Bonchev–Trinajstić information content (AvgIpc) is 3.44. The second kappa shape index (κ2) is 12.0. The summed E-state index contributed by atoms with van der Waals surface area (Å²) < 4.78 is 15.5. The number of methoxy groups -OCH3 is 1. The highest BCUT2D eigenvalue weighted by molar-refractivity contribution is 6.31. The topological polar surface area (TPSA) is 132 Å². The number of ether oxygens (including phenoxy) is 3. The third-order valence-corrected chi connectivity index (χ3v) is 6.50. The molecule has 0 saturated carbocycles. The fourth-order valence-electron chi connectivity index (χ4n) is 4.58. The first kappa shape index (κ1) is 28.9. The Morgan fingerprint density at radius 2 is 1.77 bits per heavy atom. The number of H-pyrrole nitrogens is 1. The molecule has 0 saturated heterocycles. The van der Waals surface area contributed by atoms with Gasteiger partial charge in [-0.05, 0) is 49.6 Å². The minimum atomic E-state index is -0.681. The third-order valence-electron chi connectivity index (χ3n) is 6.23. The number of anilines is 1. The number of fused-ring (bicyclic) bond motifs is 1. The van der Waals surface area contributed by atoms with E-state index in [1.54, 1.807) is 45.0 Å². The Balaban J connectivity index is 1.58. The van der Waals surface area contributed by atoms with Gasteiger partial charge in [0.05, 0.1) is 13.2 Å². The number of carbonyl (C=O) groups is 3. The molecule has 2 amide bonds. The van der Waals surface area contributed by atoms with Crippen LogP contribution in [0.2, 0.25) is 5.15 Å². The molecule has 3 N–H and O–H groups in total. The van der Waals surface area contributed by atoms with Crippen molar-refractivity contribution in [2.75, 3.05) is 12.4 Å². The van der Waals surface area contributed by atoms with Crippen LogP contribution in [0, 0.1) is 0 Å². The normalized spacial score (nSPS) is 15.1. The van der Waals surface area contributed by atoms with E-state index in [4.69, 9.17) is 26.1 Å². The van der Waals surface area contributed by atoms with Gasteiger partial charge < -0.3 is 24.5 Å². The minimum absolute atomic E-state index is 0.168. The molecule has 1 aromatic heterocycles. The Hall–Kier alpha value is -4.05. The highest BCUT2D eigenvalue weighted by Gasteiger charge is 2.27. The molecular weight excluding hydrogens is 536 g/mol. The van der Waals surface area contributed by atoms with Crippen molar-refractivity contribution in [2.45, 2.75) is 64.7 Å². The molecule has 2 atom stereocenters. The van der Waals surface area contributed by atoms with Gasteiger partial charge in [0.2, 0.25) is 0 Å². The summed E-state index contributed by atoms with van der Waals surface area (Å²) in [5.74, 6) is 0.167. The monoisotopic (exact) mass is 568 g/mol. The Kier molecular flexibility index (Phi) is 8.68. The predicted octanol–water partition coefficient (Wildman–Crippen LogP) is 5.75. The molecule has 0 aliphatic heterocycles. The number of hydrogen-bond acceptors (Lipinski definition) is 7. The molecule has 40 heavy (non-hydrogen) atoms. The smallest absolute Gasteiger partial charge is 0.411 e. The number of amides is 2. The maximum atomic E-state index is 12.8. The molecule has 1 aliphatic rings. The van der Waals surface area contributed by atoms with Crippen molar-refractivity contribution in [1.29, 1.82) is 0 Å². The number of hydrogen-bond donors (Lipinski definition) is 3. The van der Waals surface area contributed by atoms with Gasteiger partial charge in [0.1, 0.15) is 28.4 Å². The Morgan fingerprint density at radius 1 is 1.07 bits per heavy atom. The van der Waals surface area contributed by atoms with Crippen LogP contribution >= 0.6 is 11.6 Å². The van der Waals surface area contributed by atoms with Crippen LogP contribution in [0.4, 0.5) is 15.3 Å². The molecule has 1 heterocycles. The summed E-state index contributed by atoms with van der Waals surface area (Å²) >= 11 is 6.56. The summed E-state index contributed by atoms with van der Waals surface area (Å²) in [4.78, 5) is 43.5. The second-order valence-corrected chi connectivity index (χ2v) is 11.0. The largest absolute Gasteiger partial charge is 0.462 e. The fraction of sp³-hybridized carbons (Fsp3) is 0.379. The quantitative estimate of drug-likeness (QED) is 0.244. The SMILES string of the molecule is COC(=O)Nc1ccc(-c2nc(C(Cc3ccc4c(c3)CC(OC(C)=O)C4)NC(=O)OC(C)(C)C)[nH]c2Cl)cc1. The lowest BCUT2D eigenvalue weighted by atomic mass is 10.0. The summed E-state index contributed by atoms with van der Waals surface area (Å²) in [6.45, 7) is 6.80. The van der Waals surface area contributed by atoms with E-state index in [2.05, 4.69) is 26.4 Å². The molecule has 0 spiro atoms. The van der Waals surface area contributed by atoms with Gasteiger partial charge in [0.25, 0.3) is 0 Å². The maximum Gasteiger partial charge on any atom is 0.411 e. The lowest BCUT2D eigenvalue weighted by molar-refractivity contribution is -0.145. The summed E-state index contributed by atoms with van der Waals surface area (Å²) in [5.41, 5.74) is 4.30. The lowest BCUT2D eigenvalue weighted by Gasteiger charge is -2.23. The molecule has 0 radical (unpaired) electrons. The molecule has 0 bridgehead atoms. The van der Waals surface area contributed by atoms with Crippen LogP contribution in [0.3, 0.4) is 0 Å². The maximum absolute atomic E-state index is 12.8. The van der Waals surface area contributed by atoms with Gasteiger partial charge in [-0.25, -0.2) is 14.6 Å². The number of halogens is 1. The Morgan fingerprint density at radius 3 is 2.42 bits per heavy atom. The molecule has 1 aliphatic carbocycles.